The Kier molecular flexibility index (Phi) is 6.89. The second-order valence-corrected chi connectivity index (χ2v) is 8.52. The molecule has 1 amide bonds. The highest BCUT2D eigenvalue weighted by molar-refractivity contribution is 7.89. The molecule has 0 spiro atoms. The molecule has 1 N–H and O–H groups in total. The Hall–Kier alpha value is -2.33. The summed E-state index contributed by atoms with van der Waals surface area (Å²) in [5.41, 5.74) is 0.0222. The van der Waals surface area contributed by atoms with Crippen molar-refractivity contribution in [1.82, 2.24) is 19.8 Å². The Morgan fingerprint density at radius 1 is 1.29 bits per heavy atom. The zero-order chi connectivity index (χ0) is 21.1. The predicted octanol–water partition coefficient (Wildman–Crippen LogP) is 2.67. The van der Waals surface area contributed by atoms with Crippen LogP contribution in [0.2, 0.25) is 0 Å². The molecule has 0 aliphatic heterocycles. The van der Waals surface area contributed by atoms with Crippen molar-refractivity contribution in [2.24, 2.45) is 5.92 Å². The lowest BCUT2D eigenvalue weighted by atomic mass is 10.0. The van der Waals surface area contributed by atoms with Crippen LogP contribution in [0.4, 0.5) is 4.39 Å². The van der Waals surface area contributed by atoms with Gasteiger partial charge < -0.3 is 9.84 Å². The Morgan fingerprint density at radius 3 is 2.43 bits per heavy atom. The number of hydrogen-bond donors (Lipinski definition) is 1. The number of benzene rings is 1. The van der Waals surface area contributed by atoms with Crippen molar-refractivity contribution in [3.8, 4) is 0 Å². The highest BCUT2D eigenvalue weighted by Crippen LogP contribution is 2.23. The molecule has 154 valence electrons. The molecule has 1 unspecified atom stereocenters. The number of nitrogens with one attached hydrogen (secondary N) is 1. The number of carbonyl (C=O) groups excluding carboxylic acids is 1. The van der Waals surface area contributed by atoms with Gasteiger partial charge in [-0.15, -0.1) is 0 Å². The molecule has 0 saturated heterocycles. The summed E-state index contributed by atoms with van der Waals surface area (Å²) in [6.07, 6.45) is 0. The first kappa shape index (κ1) is 22.0. The molecular weight excluding hydrogens is 387 g/mol. The highest BCUT2D eigenvalue weighted by atomic mass is 32.2. The number of aromatic nitrogens is 2. The van der Waals surface area contributed by atoms with E-state index in [1.54, 1.807) is 20.8 Å². The monoisotopic (exact) mass is 412 g/mol. The van der Waals surface area contributed by atoms with E-state index in [1.807, 2.05) is 13.8 Å². The number of aryl methyl sites for hydroxylation is 1. The van der Waals surface area contributed by atoms with Crippen LogP contribution in [0, 0.1) is 18.7 Å². The van der Waals surface area contributed by atoms with Gasteiger partial charge in [-0.1, -0.05) is 32.9 Å². The quantitative estimate of drug-likeness (QED) is 0.715. The summed E-state index contributed by atoms with van der Waals surface area (Å²) in [7, 11) is -4.04. The normalized spacial score (nSPS) is 13.1. The average Bonchev–Trinajstić information content (AvgIpc) is 3.06. The van der Waals surface area contributed by atoms with E-state index in [4.69, 9.17) is 4.52 Å². The highest BCUT2D eigenvalue weighted by Gasteiger charge is 2.28. The first-order chi connectivity index (χ1) is 13.1. The smallest absolute Gasteiger partial charge is 0.251 e. The SMILES string of the molecule is CCN(CC)S(=O)(=O)c1cc(C(=O)NC(c2nc(C)no2)C(C)C)ccc1F. The molecule has 0 fully saturated rings. The van der Waals surface area contributed by atoms with Gasteiger partial charge in [-0.25, -0.2) is 12.8 Å². The van der Waals surface area contributed by atoms with Gasteiger partial charge in [0.05, 0.1) is 0 Å². The van der Waals surface area contributed by atoms with Crippen molar-refractivity contribution in [3.05, 3.63) is 41.3 Å². The lowest BCUT2D eigenvalue weighted by Crippen LogP contribution is -2.33. The van der Waals surface area contributed by atoms with Crippen molar-refractivity contribution in [1.29, 1.82) is 0 Å². The van der Waals surface area contributed by atoms with Gasteiger partial charge in [0.15, 0.2) is 5.82 Å². The molecule has 1 aromatic carbocycles. The zero-order valence-electron chi connectivity index (χ0n) is 16.6. The van der Waals surface area contributed by atoms with Crippen LogP contribution in [-0.4, -0.2) is 41.9 Å². The number of rotatable bonds is 8. The molecule has 0 radical (unpaired) electrons. The molecule has 1 aromatic heterocycles. The van der Waals surface area contributed by atoms with E-state index >= 15 is 0 Å². The van der Waals surface area contributed by atoms with E-state index in [1.165, 1.54) is 6.07 Å². The number of amides is 1. The molecule has 8 nitrogen and oxygen atoms in total. The fourth-order valence-corrected chi connectivity index (χ4v) is 4.27. The number of halogens is 1. The zero-order valence-corrected chi connectivity index (χ0v) is 17.4. The minimum atomic E-state index is -4.04. The van der Waals surface area contributed by atoms with Crippen LogP contribution in [0.3, 0.4) is 0 Å². The number of nitrogens with zero attached hydrogens (tertiary/aromatic N) is 3. The molecule has 1 heterocycles. The standard InChI is InChI=1S/C18H25FN4O4S/c1-6-23(7-2)28(25,26)15-10-13(8-9-14(15)19)17(24)21-16(11(3)4)18-20-12(5)22-27-18/h8-11,16H,6-7H2,1-5H3,(H,21,24). The van der Waals surface area contributed by atoms with Gasteiger partial charge in [-0.2, -0.15) is 9.29 Å². The topological polar surface area (TPSA) is 105 Å². The van der Waals surface area contributed by atoms with Crippen LogP contribution < -0.4 is 5.32 Å². The minimum Gasteiger partial charge on any atom is -0.340 e. The first-order valence-electron chi connectivity index (χ1n) is 9.02. The second-order valence-electron chi connectivity index (χ2n) is 6.61. The molecule has 1 atom stereocenters. The number of sulfonamides is 1. The van der Waals surface area contributed by atoms with E-state index in [-0.39, 0.29) is 30.5 Å². The van der Waals surface area contributed by atoms with Gasteiger partial charge in [0.25, 0.3) is 5.91 Å². The maximum atomic E-state index is 14.2. The summed E-state index contributed by atoms with van der Waals surface area (Å²) in [6.45, 7) is 9.11. The Morgan fingerprint density at radius 2 is 1.93 bits per heavy atom. The van der Waals surface area contributed by atoms with E-state index < -0.39 is 32.7 Å². The maximum Gasteiger partial charge on any atom is 0.251 e. The largest absolute Gasteiger partial charge is 0.340 e. The van der Waals surface area contributed by atoms with Gasteiger partial charge in [0.1, 0.15) is 16.8 Å². The van der Waals surface area contributed by atoms with Gasteiger partial charge >= 0.3 is 0 Å². The van der Waals surface area contributed by atoms with Gasteiger partial charge in [-0.05, 0) is 31.0 Å². The minimum absolute atomic E-state index is 0.0222. The van der Waals surface area contributed by atoms with Gasteiger partial charge in [-0.3, -0.25) is 4.79 Å². The van der Waals surface area contributed by atoms with Crippen LogP contribution in [0.5, 0.6) is 0 Å². The van der Waals surface area contributed by atoms with Crippen LogP contribution in [-0.2, 0) is 10.0 Å². The van der Waals surface area contributed by atoms with Gasteiger partial charge in [0, 0.05) is 18.7 Å². The molecule has 10 heteroatoms. The average molecular weight is 412 g/mol. The Bertz CT molecular complexity index is 939. The van der Waals surface area contributed by atoms with E-state index in [9.17, 15) is 17.6 Å². The molecular formula is C18H25FN4O4S. The third-order valence-electron chi connectivity index (χ3n) is 4.28. The van der Waals surface area contributed by atoms with Crippen LogP contribution >= 0.6 is 0 Å². The number of carbonyl (C=O) groups is 1. The number of hydrogen-bond acceptors (Lipinski definition) is 6. The summed E-state index contributed by atoms with van der Waals surface area (Å²) in [6, 6.07) is 2.70. The molecule has 28 heavy (non-hydrogen) atoms. The van der Waals surface area contributed by atoms with Crippen LogP contribution in [0.15, 0.2) is 27.6 Å². The second kappa shape index (κ2) is 8.78. The molecule has 0 aliphatic rings. The van der Waals surface area contributed by atoms with E-state index in [0.717, 1.165) is 16.4 Å². The summed E-state index contributed by atoms with van der Waals surface area (Å²) >= 11 is 0. The van der Waals surface area contributed by atoms with Crippen molar-refractivity contribution >= 4 is 15.9 Å². The lowest BCUT2D eigenvalue weighted by Gasteiger charge is -2.20. The molecule has 0 saturated carbocycles. The fourth-order valence-electron chi connectivity index (χ4n) is 2.72. The summed E-state index contributed by atoms with van der Waals surface area (Å²) < 4.78 is 45.9. The third-order valence-corrected chi connectivity index (χ3v) is 6.34. The fraction of sp³-hybridized carbons (Fsp3) is 0.500. The van der Waals surface area contributed by atoms with E-state index in [2.05, 4.69) is 15.5 Å². The molecule has 2 aromatic rings. The molecule has 2 rings (SSSR count). The van der Waals surface area contributed by atoms with Crippen LogP contribution in [0.25, 0.3) is 0 Å². The van der Waals surface area contributed by atoms with Crippen molar-refractivity contribution in [2.45, 2.75) is 45.6 Å². The van der Waals surface area contributed by atoms with Crippen molar-refractivity contribution in [2.75, 3.05) is 13.1 Å². The third kappa shape index (κ3) is 4.56. The summed E-state index contributed by atoms with van der Waals surface area (Å²) in [5.74, 6) is -0.853. The lowest BCUT2D eigenvalue weighted by molar-refractivity contribution is 0.0913. The molecule has 0 bridgehead atoms. The van der Waals surface area contributed by atoms with Crippen molar-refractivity contribution < 1.29 is 22.1 Å². The Balaban J connectivity index is 2.36. The summed E-state index contributed by atoms with van der Waals surface area (Å²) in [4.78, 5) is 16.3. The maximum absolute atomic E-state index is 14.2. The van der Waals surface area contributed by atoms with Crippen LogP contribution in [0.1, 0.15) is 55.8 Å². The first-order valence-corrected chi connectivity index (χ1v) is 10.5. The molecule has 0 aliphatic carbocycles. The van der Waals surface area contributed by atoms with Crippen molar-refractivity contribution in [3.63, 3.8) is 0 Å². The summed E-state index contributed by atoms with van der Waals surface area (Å²) in [5, 5.41) is 6.48. The van der Waals surface area contributed by atoms with E-state index in [0.29, 0.717) is 5.82 Å². The predicted molar refractivity (Wildman–Crippen MR) is 101 cm³/mol. The van der Waals surface area contributed by atoms with Gasteiger partial charge in [0.2, 0.25) is 15.9 Å². The Labute approximate surface area is 164 Å².